The Morgan fingerprint density at radius 1 is 1.33 bits per heavy atom. The van der Waals surface area contributed by atoms with Crippen molar-refractivity contribution < 1.29 is 0 Å². The highest BCUT2D eigenvalue weighted by Crippen LogP contribution is 2.37. The summed E-state index contributed by atoms with van der Waals surface area (Å²) in [6, 6.07) is 1.98. The van der Waals surface area contributed by atoms with Crippen LogP contribution in [0.4, 0.5) is 5.82 Å². The van der Waals surface area contributed by atoms with Crippen molar-refractivity contribution >= 4 is 17.4 Å². The van der Waals surface area contributed by atoms with Gasteiger partial charge in [0.2, 0.25) is 0 Å². The number of anilines is 1. The molecule has 2 N–H and O–H groups in total. The van der Waals surface area contributed by atoms with Gasteiger partial charge in [0.25, 0.3) is 0 Å². The van der Waals surface area contributed by atoms with Crippen LogP contribution in [0.2, 0.25) is 5.02 Å². The van der Waals surface area contributed by atoms with Crippen LogP contribution in [0.3, 0.4) is 0 Å². The molecule has 0 unspecified atom stereocenters. The van der Waals surface area contributed by atoms with Gasteiger partial charge in [-0.3, -0.25) is 0 Å². The molecule has 1 saturated carbocycles. The lowest BCUT2D eigenvalue weighted by Gasteiger charge is -2.26. The fourth-order valence-corrected chi connectivity index (χ4v) is 2.53. The monoisotopic (exact) mass is 224 g/mol. The van der Waals surface area contributed by atoms with Crippen LogP contribution in [0.15, 0.2) is 12.3 Å². The highest BCUT2D eigenvalue weighted by molar-refractivity contribution is 6.30. The molecule has 1 aromatic heterocycles. The van der Waals surface area contributed by atoms with Crippen LogP contribution in [0.25, 0.3) is 0 Å². The maximum atomic E-state index is 5.95. The second kappa shape index (κ2) is 4.40. The van der Waals surface area contributed by atoms with Crippen LogP contribution in [0.5, 0.6) is 0 Å². The van der Waals surface area contributed by atoms with Crippen molar-refractivity contribution in [2.24, 2.45) is 5.92 Å². The molecule has 0 atom stereocenters. The first-order valence-corrected chi connectivity index (χ1v) is 5.95. The third-order valence-corrected chi connectivity index (χ3v) is 3.58. The molecular weight excluding hydrogens is 208 g/mol. The van der Waals surface area contributed by atoms with Gasteiger partial charge < -0.3 is 5.73 Å². The first-order valence-electron chi connectivity index (χ1n) is 5.57. The average Bonchev–Trinajstić information content (AvgIpc) is 2.23. The largest absolute Gasteiger partial charge is 0.383 e. The summed E-state index contributed by atoms with van der Waals surface area (Å²) in [7, 11) is 0. The molecule has 15 heavy (non-hydrogen) atoms. The Kier molecular flexibility index (Phi) is 3.15. The van der Waals surface area contributed by atoms with E-state index in [-0.39, 0.29) is 0 Å². The van der Waals surface area contributed by atoms with E-state index in [2.05, 4.69) is 11.9 Å². The number of nitrogens with zero attached hydrogens (tertiary/aromatic N) is 1. The number of pyridine rings is 1. The van der Waals surface area contributed by atoms with E-state index < -0.39 is 0 Å². The zero-order chi connectivity index (χ0) is 10.8. The van der Waals surface area contributed by atoms with Gasteiger partial charge in [-0.1, -0.05) is 31.4 Å². The molecular formula is C12H17ClN2. The number of nitrogen functional groups attached to an aromatic ring is 1. The minimum atomic E-state index is 0.562. The Morgan fingerprint density at radius 3 is 2.67 bits per heavy atom. The molecule has 0 aromatic carbocycles. The summed E-state index contributed by atoms with van der Waals surface area (Å²) in [6.07, 6.45) is 6.62. The summed E-state index contributed by atoms with van der Waals surface area (Å²) in [5, 5.41) is 0.692. The first kappa shape index (κ1) is 10.7. The maximum absolute atomic E-state index is 5.95. The van der Waals surface area contributed by atoms with Gasteiger partial charge in [-0.15, -0.1) is 0 Å². The van der Waals surface area contributed by atoms with Gasteiger partial charge in [-0.25, -0.2) is 4.98 Å². The molecule has 82 valence electrons. The quantitative estimate of drug-likeness (QED) is 0.792. The molecule has 1 heterocycles. The first-order chi connectivity index (χ1) is 7.16. The molecule has 3 heteroatoms. The molecule has 0 spiro atoms. The summed E-state index contributed by atoms with van der Waals surface area (Å²) in [4.78, 5) is 4.12. The lowest BCUT2D eigenvalue weighted by Crippen LogP contribution is -2.12. The van der Waals surface area contributed by atoms with E-state index in [9.17, 15) is 0 Å². The number of hydrogen-bond acceptors (Lipinski definition) is 2. The van der Waals surface area contributed by atoms with E-state index in [4.69, 9.17) is 17.3 Å². The van der Waals surface area contributed by atoms with Crippen LogP contribution in [-0.4, -0.2) is 4.98 Å². The average molecular weight is 225 g/mol. The second-order valence-corrected chi connectivity index (χ2v) is 5.02. The molecule has 1 fully saturated rings. The molecule has 1 aliphatic carbocycles. The van der Waals surface area contributed by atoms with Crippen LogP contribution < -0.4 is 5.73 Å². The summed E-state index contributed by atoms with van der Waals surface area (Å²) in [6.45, 7) is 2.32. The molecule has 0 bridgehead atoms. The minimum Gasteiger partial charge on any atom is -0.383 e. The standard InChI is InChI=1S/C12H17ClN2/c1-8-2-4-9(5-3-8)11-6-10(13)7-15-12(11)14/h6-9H,2-5H2,1H3,(H2,14,15). The van der Waals surface area contributed by atoms with Gasteiger partial charge in [0.1, 0.15) is 5.82 Å². The number of nitrogens with two attached hydrogens (primary N) is 1. The molecule has 0 amide bonds. The predicted octanol–water partition coefficient (Wildman–Crippen LogP) is 3.61. The van der Waals surface area contributed by atoms with E-state index in [1.165, 1.54) is 25.7 Å². The predicted molar refractivity (Wildman–Crippen MR) is 64.0 cm³/mol. The van der Waals surface area contributed by atoms with Crippen molar-refractivity contribution in [2.45, 2.75) is 38.5 Å². The van der Waals surface area contributed by atoms with Crippen LogP contribution in [0, 0.1) is 5.92 Å². The summed E-state index contributed by atoms with van der Waals surface area (Å²) in [5.41, 5.74) is 7.03. The van der Waals surface area contributed by atoms with Crippen molar-refractivity contribution in [1.29, 1.82) is 0 Å². The second-order valence-electron chi connectivity index (χ2n) is 4.58. The molecule has 0 saturated heterocycles. The van der Waals surface area contributed by atoms with Gasteiger partial charge in [0.15, 0.2) is 0 Å². The maximum Gasteiger partial charge on any atom is 0.126 e. The Morgan fingerprint density at radius 2 is 2.00 bits per heavy atom. The van der Waals surface area contributed by atoms with Gasteiger partial charge in [0.05, 0.1) is 5.02 Å². The van der Waals surface area contributed by atoms with Gasteiger partial charge in [-0.05, 0) is 36.3 Å². The number of rotatable bonds is 1. The zero-order valence-corrected chi connectivity index (χ0v) is 9.80. The van der Waals surface area contributed by atoms with Crippen LogP contribution in [-0.2, 0) is 0 Å². The minimum absolute atomic E-state index is 0.562. The van der Waals surface area contributed by atoms with E-state index >= 15 is 0 Å². The molecule has 1 aliphatic rings. The van der Waals surface area contributed by atoms with Crippen LogP contribution in [0.1, 0.15) is 44.1 Å². The lowest BCUT2D eigenvalue weighted by atomic mass is 9.79. The Bertz CT molecular complexity index is 343. The third-order valence-electron chi connectivity index (χ3n) is 3.37. The van der Waals surface area contributed by atoms with Crippen molar-refractivity contribution in [3.63, 3.8) is 0 Å². The zero-order valence-electron chi connectivity index (χ0n) is 9.04. The van der Waals surface area contributed by atoms with E-state index in [0.717, 1.165) is 11.5 Å². The van der Waals surface area contributed by atoms with Crippen molar-refractivity contribution in [2.75, 3.05) is 5.73 Å². The topological polar surface area (TPSA) is 38.9 Å². The van der Waals surface area contributed by atoms with Crippen LogP contribution >= 0.6 is 11.6 Å². The third kappa shape index (κ3) is 2.43. The Hall–Kier alpha value is -0.760. The summed E-state index contributed by atoms with van der Waals surface area (Å²) in [5.74, 6) is 2.07. The van der Waals surface area contributed by atoms with E-state index in [1.807, 2.05) is 6.07 Å². The van der Waals surface area contributed by atoms with Gasteiger partial charge in [0, 0.05) is 6.20 Å². The number of hydrogen-bond donors (Lipinski definition) is 1. The normalized spacial score (nSPS) is 26.5. The summed E-state index contributed by atoms with van der Waals surface area (Å²) < 4.78 is 0. The van der Waals surface area contributed by atoms with E-state index in [1.54, 1.807) is 6.20 Å². The number of aromatic nitrogens is 1. The number of halogens is 1. The Balaban J connectivity index is 2.18. The molecule has 0 aliphatic heterocycles. The fraction of sp³-hybridized carbons (Fsp3) is 0.583. The molecule has 1 aromatic rings. The van der Waals surface area contributed by atoms with Crippen molar-refractivity contribution in [3.8, 4) is 0 Å². The smallest absolute Gasteiger partial charge is 0.126 e. The lowest BCUT2D eigenvalue weighted by molar-refractivity contribution is 0.348. The van der Waals surface area contributed by atoms with E-state index in [0.29, 0.717) is 16.8 Å². The highest BCUT2D eigenvalue weighted by Gasteiger charge is 2.21. The molecule has 0 radical (unpaired) electrons. The van der Waals surface area contributed by atoms with Gasteiger partial charge in [-0.2, -0.15) is 0 Å². The summed E-state index contributed by atoms with van der Waals surface area (Å²) >= 11 is 5.95. The van der Waals surface area contributed by atoms with Crippen molar-refractivity contribution in [1.82, 2.24) is 4.98 Å². The Labute approximate surface area is 95.8 Å². The molecule has 2 rings (SSSR count). The fourth-order valence-electron chi connectivity index (χ4n) is 2.36. The molecule has 2 nitrogen and oxygen atoms in total. The van der Waals surface area contributed by atoms with Crippen molar-refractivity contribution in [3.05, 3.63) is 22.8 Å². The highest BCUT2D eigenvalue weighted by atomic mass is 35.5. The van der Waals surface area contributed by atoms with Gasteiger partial charge >= 0.3 is 0 Å². The SMILES string of the molecule is CC1CCC(c2cc(Cl)cnc2N)CC1.